The Morgan fingerprint density at radius 3 is 2.79 bits per heavy atom. The lowest BCUT2D eigenvalue weighted by Gasteiger charge is -2.25. The number of nitriles is 1. The number of hydrogen-bond acceptors (Lipinski definition) is 6. The summed E-state index contributed by atoms with van der Waals surface area (Å²) in [7, 11) is 1.59. The minimum atomic E-state index is -0.454. The molecule has 1 aromatic heterocycles. The average molecular weight is 517 g/mol. The lowest BCUT2D eigenvalue weighted by atomic mass is 9.84. The summed E-state index contributed by atoms with van der Waals surface area (Å²) in [5.41, 5.74) is 9.80. The van der Waals surface area contributed by atoms with Crippen LogP contribution in [0.3, 0.4) is 0 Å². The minimum Gasteiger partial charge on any atom is -0.493 e. The van der Waals surface area contributed by atoms with Crippen LogP contribution in [0.1, 0.15) is 28.3 Å². The molecule has 5 rings (SSSR count). The summed E-state index contributed by atoms with van der Waals surface area (Å²) in [6.45, 7) is 2.25. The lowest BCUT2D eigenvalue weighted by Crippen LogP contribution is -2.21. The number of ether oxygens (including phenoxy) is 3. The van der Waals surface area contributed by atoms with Crippen LogP contribution < -0.4 is 19.9 Å². The van der Waals surface area contributed by atoms with Crippen molar-refractivity contribution in [1.82, 2.24) is 10.2 Å². The van der Waals surface area contributed by atoms with Gasteiger partial charge in [-0.05, 0) is 56.9 Å². The molecule has 0 amide bonds. The largest absolute Gasteiger partial charge is 0.493 e. The number of hydrogen-bond donors (Lipinski definition) is 2. The van der Waals surface area contributed by atoms with Crippen molar-refractivity contribution in [2.24, 2.45) is 5.73 Å². The number of nitrogens with two attached hydrogens (primary N) is 1. The van der Waals surface area contributed by atoms with Crippen molar-refractivity contribution in [3.8, 4) is 23.4 Å². The molecular formula is C26H21BrN4O3. The molecule has 0 fully saturated rings. The molecule has 0 spiro atoms. The van der Waals surface area contributed by atoms with Gasteiger partial charge in [0.1, 0.15) is 18.2 Å². The molecular weight excluding hydrogens is 496 g/mol. The van der Waals surface area contributed by atoms with Crippen LogP contribution in [0.5, 0.6) is 17.4 Å². The normalized spacial score (nSPS) is 14.9. The Bertz CT molecular complexity index is 1480. The number of fused-ring (bicyclic) bond motifs is 2. The number of allylic oxidation sites excluding steroid dienone is 1. The molecule has 3 N–H and O–H groups in total. The van der Waals surface area contributed by atoms with E-state index in [1.54, 1.807) is 7.11 Å². The molecule has 0 unspecified atom stereocenters. The number of halogens is 1. The number of nitrogens with zero attached hydrogens (tertiary/aromatic N) is 2. The van der Waals surface area contributed by atoms with Gasteiger partial charge in [-0.15, -0.1) is 5.10 Å². The van der Waals surface area contributed by atoms with E-state index in [-0.39, 0.29) is 5.88 Å². The highest BCUT2D eigenvalue weighted by atomic mass is 79.9. The van der Waals surface area contributed by atoms with Crippen molar-refractivity contribution < 1.29 is 14.2 Å². The van der Waals surface area contributed by atoms with Crippen molar-refractivity contribution in [2.75, 3.05) is 7.11 Å². The molecule has 1 aliphatic rings. The van der Waals surface area contributed by atoms with Crippen LogP contribution in [-0.4, -0.2) is 17.3 Å². The summed E-state index contributed by atoms with van der Waals surface area (Å²) in [5.74, 6) is 1.06. The van der Waals surface area contributed by atoms with E-state index in [4.69, 9.17) is 19.9 Å². The predicted octanol–water partition coefficient (Wildman–Crippen LogP) is 5.44. The molecule has 0 radical (unpaired) electrons. The number of benzene rings is 3. The second-order valence-corrected chi connectivity index (χ2v) is 8.81. The van der Waals surface area contributed by atoms with Crippen LogP contribution in [0.4, 0.5) is 0 Å². The second-order valence-electron chi connectivity index (χ2n) is 7.95. The molecule has 0 saturated heterocycles. The first-order chi connectivity index (χ1) is 16.5. The molecule has 4 aromatic rings. The van der Waals surface area contributed by atoms with Gasteiger partial charge in [0.15, 0.2) is 11.5 Å². The molecule has 1 atom stereocenters. The fraction of sp³-hybridized carbons (Fsp3) is 0.154. The summed E-state index contributed by atoms with van der Waals surface area (Å²) < 4.78 is 18.2. The fourth-order valence-corrected chi connectivity index (χ4v) is 4.92. The van der Waals surface area contributed by atoms with Gasteiger partial charge >= 0.3 is 0 Å². The maximum atomic E-state index is 9.83. The zero-order chi connectivity index (χ0) is 23.8. The summed E-state index contributed by atoms with van der Waals surface area (Å²) in [6, 6.07) is 20.3. The van der Waals surface area contributed by atoms with Crippen LogP contribution in [0.2, 0.25) is 0 Å². The van der Waals surface area contributed by atoms with E-state index < -0.39 is 5.92 Å². The molecule has 0 bridgehead atoms. The van der Waals surface area contributed by atoms with Crippen molar-refractivity contribution in [1.29, 1.82) is 5.26 Å². The van der Waals surface area contributed by atoms with Gasteiger partial charge in [-0.3, -0.25) is 5.10 Å². The highest BCUT2D eigenvalue weighted by molar-refractivity contribution is 9.10. The number of rotatable bonds is 5. The van der Waals surface area contributed by atoms with E-state index in [1.807, 2.05) is 37.3 Å². The van der Waals surface area contributed by atoms with Gasteiger partial charge in [0.05, 0.1) is 17.5 Å². The minimum absolute atomic E-state index is 0.0397. The Morgan fingerprint density at radius 2 is 2.00 bits per heavy atom. The van der Waals surface area contributed by atoms with Crippen LogP contribution in [0.15, 0.2) is 70.5 Å². The number of aromatic amines is 1. The Morgan fingerprint density at radius 1 is 1.21 bits per heavy atom. The van der Waals surface area contributed by atoms with E-state index in [2.05, 4.69) is 56.5 Å². The van der Waals surface area contributed by atoms with Crippen LogP contribution in [0.25, 0.3) is 10.8 Å². The molecule has 3 aromatic carbocycles. The van der Waals surface area contributed by atoms with E-state index in [0.717, 1.165) is 33.2 Å². The highest BCUT2D eigenvalue weighted by Gasteiger charge is 2.35. The number of H-pyrrole nitrogens is 1. The number of aromatic nitrogens is 2. The van der Waals surface area contributed by atoms with E-state index >= 15 is 0 Å². The third kappa shape index (κ3) is 3.64. The average Bonchev–Trinajstić information content (AvgIpc) is 3.21. The van der Waals surface area contributed by atoms with Gasteiger partial charge in [0.2, 0.25) is 11.8 Å². The van der Waals surface area contributed by atoms with Gasteiger partial charge in [0.25, 0.3) is 0 Å². The van der Waals surface area contributed by atoms with Crippen LogP contribution in [0, 0.1) is 18.3 Å². The van der Waals surface area contributed by atoms with Crippen LogP contribution in [-0.2, 0) is 6.61 Å². The third-order valence-electron chi connectivity index (χ3n) is 5.97. The van der Waals surface area contributed by atoms with Gasteiger partial charge in [-0.1, -0.05) is 42.5 Å². The molecule has 1 aliphatic heterocycles. The van der Waals surface area contributed by atoms with Crippen molar-refractivity contribution >= 4 is 26.7 Å². The Hall–Kier alpha value is -3.96. The number of nitrogens with one attached hydrogen (secondary N) is 1. The zero-order valence-electron chi connectivity index (χ0n) is 18.6. The maximum absolute atomic E-state index is 9.83. The first kappa shape index (κ1) is 21.9. The fourth-order valence-electron chi connectivity index (χ4n) is 4.35. The Balaban J connectivity index is 1.54. The summed E-state index contributed by atoms with van der Waals surface area (Å²) in [4.78, 5) is 0. The van der Waals surface area contributed by atoms with Crippen molar-refractivity contribution in [3.63, 3.8) is 0 Å². The lowest BCUT2D eigenvalue weighted by molar-refractivity contribution is 0.283. The number of methoxy groups -OCH3 is 1. The van der Waals surface area contributed by atoms with E-state index in [0.29, 0.717) is 34.0 Å². The second kappa shape index (κ2) is 8.76. The Labute approximate surface area is 204 Å². The smallest absolute Gasteiger partial charge is 0.244 e. The quantitative estimate of drug-likeness (QED) is 0.365. The van der Waals surface area contributed by atoms with Crippen LogP contribution >= 0.6 is 15.9 Å². The topological polar surface area (TPSA) is 106 Å². The molecule has 7 nitrogen and oxygen atoms in total. The molecule has 34 heavy (non-hydrogen) atoms. The molecule has 2 heterocycles. The first-order valence-electron chi connectivity index (χ1n) is 10.6. The van der Waals surface area contributed by atoms with Gasteiger partial charge in [-0.25, -0.2) is 0 Å². The zero-order valence-corrected chi connectivity index (χ0v) is 20.1. The maximum Gasteiger partial charge on any atom is 0.244 e. The Kier molecular flexibility index (Phi) is 5.64. The molecule has 0 saturated carbocycles. The summed E-state index contributed by atoms with van der Waals surface area (Å²) in [6.07, 6.45) is 0. The molecule has 0 aliphatic carbocycles. The SMILES string of the molecule is COc1cc([C@H]2C(C#N)=C(N)Oc3n[nH]c(C)c32)cc(Br)c1OCc1cccc2ccccc12. The van der Waals surface area contributed by atoms with Crippen molar-refractivity contribution in [2.45, 2.75) is 19.4 Å². The van der Waals surface area contributed by atoms with Crippen molar-refractivity contribution in [3.05, 3.63) is 92.9 Å². The first-order valence-corrected chi connectivity index (χ1v) is 11.4. The standard InChI is InChI=1S/C26H21BrN4O3/c1-14-22-23(19(12-28)25(29)34-26(22)31-30-14)17-10-20(27)24(21(11-17)32-2)33-13-16-8-5-7-15-6-3-4-9-18(15)16/h3-11,23H,13,29H2,1-2H3,(H,30,31)/t23-/m0/s1. The van der Waals surface area contributed by atoms with E-state index in [9.17, 15) is 5.26 Å². The van der Waals surface area contributed by atoms with Gasteiger partial charge in [-0.2, -0.15) is 5.26 Å². The van der Waals surface area contributed by atoms with E-state index in [1.165, 1.54) is 0 Å². The molecule has 170 valence electrons. The summed E-state index contributed by atoms with van der Waals surface area (Å²) >= 11 is 3.65. The van der Waals surface area contributed by atoms with Gasteiger partial charge < -0.3 is 19.9 Å². The van der Waals surface area contributed by atoms with Gasteiger partial charge in [0, 0.05) is 11.3 Å². The predicted molar refractivity (Wildman–Crippen MR) is 132 cm³/mol. The third-order valence-corrected chi connectivity index (χ3v) is 6.56. The number of aryl methyl sites for hydroxylation is 1. The monoisotopic (exact) mass is 516 g/mol. The highest BCUT2D eigenvalue weighted by Crippen LogP contribution is 2.46. The summed E-state index contributed by atoms with van der Waals surface area (Å²) in [5, 5.41) is 19.2. The molecule has 8 heteroatoms.